The van der Waals surface area contributed by atoms with Crippen molar-refractivity contribution in [3.63, 3.8) is 0 Å². The van der Waals surface area contributed by atoms with E-state index in [0.29, 0.717) is 25.4 Å². The topological polar surface area (TPSA) is 60.2 Å². The molecular weight excluding hydrogens is 324 g/mol. The minimum Gasteiger partial charge on any atom is -0.383 e. The quantitative estimate of drug-likeness (QED) is 0.652. The first kappa shape index (κ1) is 18.5. The summed E-state index contributed by atoms with van der Waals surface area (Å²) in [6.45, 7) is 5.96. The van der Waals surface area contributed by atoms with E-state index >= 15 is 0 Å². The van der Waals surface area contributed by atoms with E-state index < -0.39 is 0 Å². The predicted octanol–water partition coefficient (Wildman–Crippen LogP) is 2.45. The van der Waals surface area contributed by atoms with Gasteiger partial charge in [-0.05, 0) is 19.4 Å². The van der Waals surface area contributed by atoms with Crippen molar-refractivity contribution >= 4 is 17.7 Å². The van der Waals surface area contributed by atoms with E-state index in [1.807, 2.05) is 53.6 Å². The van der Waals surface area contributed by atoms with Crippen molar-refractivity contribution in [3.8, 4) is 0 Å². The molecule has 1 heterocycles. The summed E-state index contributed by atoms with van der Waals surface area (Å²) in [5.74, 6) is 0.441. The molecule has 1 aromatic carbocycles. The molecule has 0 bridgehead atoms. The summed E-state index contributed by atoms with van der Waals surface area (Å²) in [5, 5.41) is 8.73. The van der Waals surface area contributed by atoms with Gasteiger partial charge in [0, 0.05) is 26.2 Å². The minimum atomic E-state index is 0.0974. The Hall–Kier alpha value is -1.86. The Morgan fingerprint density at radius 3 is 2.75 bits per heavy atom. The highest BCUT2D eigenvalue weighted by atomic mass is 32.2. The standard InChI is InChI=1S/C17H24N4O2S/c1-14(2)21(11-15-7-5-4-6-8-15)16(22)12-24-17-19-18-13-20(17)9-10-23-3/h4-8,13-14H,9-12H2,1-3H3. The Kier molecular flexibility index (Phi) is 7.27. The molecular formula is C17H24N4O2S. The highest BCUT2D eigenvalue weighted by Gasteiger charge is 2.18. The van der Waals surface area contributed by atoms with E-state index in [1.54, 1.807) is 13.4 Å². The lowest BCUT2D eigenvalue weighted by molar-refractivity contribution is -0.130. The molecule has 0 spiro atoms. The van der Waals surface area contributed by atoms with Crippen LogP contribution in [-0.2, 0) is 22.6 Å². The van der Waals surface area contributed by atoms with Crippen LogP contribution in [0.2, 0.25) is 0 Å². The van der Waals surface area contributed by atoms with Gasteiger partial charge in [-0.2, -0.15) is 0 Å². The van der Waals surface area contributed by atoms with Gasteiger partial charge in [-0.15, -0.1) is 10.2 Å². The lowest BCUT2D eigenvalue weighted by atomic mass is 10.2. The number of amides is 1. The third-order valence-corrected chi connectivity index (χ3v) is 4.55. The highest BCUT2D eigenvalue weighted by molar-refractivity contribution is 7.99. The SMILES string of the molecule is COCCn1cnnc1SCC(=O)N(Cc1ccccc1)C(C)C. The van der Waals surface area contributed by atoms with Crippen LogP contribution in [0.5, 0.6) is 0 Å². The molecule has 0 aliphatic carbocycles. The third-order valence-electron chi connectivity index (χ3n) is 3.58. The molecule has 2 aromatic rings. The largest absolute Gasteiger partial charge is 0.383 e. The number of carbonyl (C=O) groups is 1. The van der Waals surface area contributed by atoms with Crippen molar-refractivity contribution in [2.24, 2.45) is 0 Å². The number of hydrogen-bond acceptors (Lipinski definition) is 5. The first-order valence-electron chi connectivity index (χ1n) is 7.94. The van der Waals surface area contributed by atoms with Gasteiger partial charge in [0.05, 0.1) is 12.4 Å². The molecule has 0 saturated carbocycles. The summed E-state index contributed by atoms with van der Waals surface area (Å²) in [5.41, 5.74) is 1.13. The maximum Gasteiger partial charge on any atom is 0.233 e. The molecule has 0 aliphatic rings. The van der Waals surface area contributed by atoms with Gasteiger partial charge in [-0.1, -0.05) is 42.1 Å². The number of ether oxygens (including phenoxy) is 1. The molecule has 0 fully saturated rings. The van der Waals surface area contributed by atoms with E-state index in [2.05, 4.69) is 10.2 Å². The fourth-order valence-electron chi connectivity index (χ4n) is 2.25. The summed E-state index contributed by atoms with van der Waals surface area (Å²) in [4.78, 5) is 14.5. The van der Waals surface area contributed by atoms with Gasteiger partial charge in [0.25, 0.3) is 0 Å². The molecule has 1 aromatic heterocycles. The Labute approximate surface area is 147 Å². The third kappa shape index (κ3) is 5.35. The number of rotatable bonds is 9. The van der Waals surface area contributed by atoms with Crippen LogP contribution in [0.15, 0.2) is 41.8 Å². The van der Waals surface area contributed by atoms with Crippen LogP contribution in [0.25, 0.3) is 0 Å². The van der Waals surface area contributed by atoms with Crippen molar-refractivity contribution in [1.82, 2.24) is 19.7 Å². The molecule has 0 unspecified atom stereocenters. The Morgan fingerprint density at radius 1 is 1.33 bits per heavy atom. The number of aromatic nitrogens is 3. The molecule has 0 radical (unpaired) electrons. The van der Waals surface area contributed by atoms with Crippen molar-refractivity contribution in [2.75, 3.05) is 19.5 Å². The smallest absolute Gasteiger partial charge is 0.233 e. The van der Waals surface area contributed by atoms with Crippen LogP contribution < -0.4 is 0 Å². The summed E-state index contributed by atoms with van der Waals surface area (Å²) in [6.07, 6.45) is 1.66. The first-order valence-corrected chi connectivity index (χ1v) is 8.93. The number of carbonyl (C=O) groups excluding carboxylic acids is 1. The summed E-state index contributed by atoms with van der Waals surface area (Å²) >= 11 is 1.41. The maximum atomic E-state index is 12.6. The average molecular weight is 348 g/mol. The molecule has 6 nitrogen and oxygen atoms in total. The van der Waals surface area contributed by atoms with Gasteiger partial charge in [-0.25, -0.2) is 0 Å². The fraction of sp³-hybridized carbons (Fsp3) is 0.471. The maximum absolute atomic E-state index is 12.6. The van der Waals surface area contributed by atoms with Gasteiger partial charge in [-0.3, -0.25) is 4.79 Å². The summed E-state index contributed by atoms with van der Waals surface area (Å²) < 4.78 is 6.97. The molecule has 0 saturated heterocycles. The Bertz CT molecular complexity index is 631. The minimum absolute atomic E-state index is 0.0974. The van der Waals surface area contributed by atoms with Crippen LogP contribution in [0, 0.1) is 0 Å². The number of methoxy groups -OCH3 is 1. The van der Waals surface area contributed by atoms with E-state index in [-0.39, 0.29) is 11.9 Å². The van der Waals surface area contributed by atoms with Gasteiger partial charge in [0.1, 0.15) is 6.33 Å². The number of nitrogens with zero attached hydrogens (tertiary/aromatic N) is 4. The molecule has 24 heavy (non-hydrogen) atoms. The van der Waals surface area contributed by atoms with Crippen LogP contribution in [0.4, 0.5) is 0 Å². The lowest BCUT2D eigenvalue weighted by Gasteiger charge is -2.26. The first-order chi connectivity index (χ1) is 11.6. The van der Waals surface area contributed by atoms with Gasteiger partial charge < -0.3 is 14.2 Å². The predicted molar refractivity (Wildman–Crippen MR) is 94.8 cm³/mol. The van der Waals surface area contributed by atoms with Crippen molar-refractivity contribution in [1.29, 1.82) is 0 Å². The molecule has 0 aliphatic heterocycles. The van der Waals surface area contributed by atoms with Crippen LogP contribution in [-0.4, -0.2) is 51.1 Å². The summed E-state index contributed by atoms with van der Waals surface area (Å²) in [6, 6.07) is 10.2. The Balaban J connectivity index is 1.95. The van der Waals surface area contributed by atoms with Crippen molar-refractivity contribution < 1.29 is 9.53 Å². The zero-order valence-corrected chi connectivity index (χ0v) is 15.2. The second-order valence-corrected chi connectivity index (χ2v) is 6.63. The van der Waals surface area contributed by atoms with E-state index in [1.165, 1.54) is 11.8 Å². The number of benzene rings is 1. The zero-order valence-electron chi connectivity index (χ0n) is 14.4. The van der Waals surface area contributed by atoms with E-state index in [9.17, 15) is 4.79 Å². The monoisotopic (exact) mass is 348 g/mol. The number of thioether (sulfide) groups is 1. The molecule has 7 heteroatoms. The van der Waals surface area contributed by atoms with Gasteiger partial charge in [0.2, 0.25) is 5.91 Å². The molecule has 0 N–H and O–H groups in total. The Morgan fingerprint density at radius 2 is 2.08 bits per heavy atom. The van der Waals surface area contributed by atoms with Crippen LogP contribution >= 0.6 is 11.8 Å². The van der Waals surface area contributed by atoms with Gasteiger partial charge >= 0.3 is 0 Å². The van der Waals surface area contributed by atoms with E-state index in [4.69, 9.17) is 4.74 Å². The van der Waals surface area contributed by atoms with E-state index in [0.717, 1.165) is 10.7 Å². The van der Waals surface area contributed by atoms with Crippen LogP contribution in [0.3, 0.4) is 0 Å². The lowest BCUT2D eigenvalue weighted by Crippen LogP contribution is -2.37. The number of hydrogen-bond donors (Lipinski definition) is 0. The molecule has 130 valence electrons. The van der Waals surface area contributed by atoms with Crippen molar-refractivity contribution in [3.05, 3.63) is 42.2 Å². The highest BCUT2D eigenvalue weighted by Crippen LogP contribution is 2.17. The van der Waals surface area contributed by atoms with Crippen LogP contribution in [0.1, 0.15) is 19.4 Å². The molecule has 1 amide bonds. The second-order valence-electron chi connectivity index (χ2n) is 5.69. The molecule has 0 atom stereocenters. The van der Waals surface area contributed by atoms with Crippen molar-refractivity contribution in [2.45, 2.75) is 38.1 Å². The second kappa shape index (κ2) is 9.44. The molecule has 2 rings (SSSR count). The summed E-state index contributed by atoms with van der Waals surface area (Å²) in [7, 11) is 1.66. The fourth-order valence-corrected chi connectivity index (χ4v) is 3.07. The normalized spacial score (nSPS) is 11.0. The van der Waals surface area contributed by atoms with Gasteiger partial charge in [0.15, 0.2) is 5.16 Å². The zero-order chi connectivity index (χ0) is 17.4. The average Bonchev–Trinajstić information content (AvgIpc) is 3.03.